The van der Waals surface area contributed by atoms with Crippen LogP contribution in [0, 0.1) is 5.92 Å². The fraction of sp³-hybridized carbons (Fsp3) is 0.489. The smallest absolute Gasteiger partial charge is 0.408 e. The molecule has 0 saturated heterocycles. The van der Waals surface area contributed by atoms with Crippen LogP contribution < -0.4 is 40.8 Å². The molecule has 0 fully saturated rings. The van der Waals surface area contributed by atoms with Gasteiger partial charge >= 0.3 is 12.1 Å². The molecular formula is C47H63N5O12. The van der Waals surface area contributed by atoms with E-state index in [0.717, 1.165) is 16.7 Å². The van der Waals surface area contributed by atoms with Gasteiger partial charge < -0.3 is 55.0 Å². The Morgan fingerprint density at radius 3 is 1.84 bits per heavy atom. The third-order valence-corrected chi connectivity index (χ3v) is 10.6. The monoisotopic (exact) mass is 889 g/mol. The van der Waals surface area contributed by atoms with Crippen LogP contribution >= 0.6 is 0 Å². The van der Waals surface area contributed by atoms with Crippen LogP contribution in [-0.4, -0.2) is 93.4 Å². The molecule has 0 aromatic heterocycles. The molecule has 5 N–H and O–H groups in total. The first-order valence-electron chi connectivity index (χ1n) is 21.1. The van der Waals surface area contributed by atoms with E-state index >= 15 is 0 Å². The molecule has 1 aliphatic rings. The first kappa shape index (κ1) is 50.3. The summed E-state index contributed by atoms with van der Waals surface area (Å²) < 4.78 is 34.1. The zero-order chi connectivity index (χ0) is 47.5. The second kappa shape index (κ2) is 21.8. The number of rotatable bonds is 19. The van der Waals surface area contributed by atoms with Crippen LogP contribution in [0.2, 0.25) is 0 Å². The van der Waals surface area contributed by atoms with Crippen molar-refractivity contribution in [2.45, 2.75) is 117 Å². The van der Waals surface area contributed by atoms with Crippen molar-refractivity contribution in [2.24, 2.45) is 5.92 Å². The third-order valence-electron chi connectivity index (χ3n) is 10.6. The molecule has 0 bridgehead atoms. The zero-order valence-electron chi connectivity index (χ0n) is 38.8. The Morgan fingerprint density at radius 2 is 1.28 bits per heavy atom. The molecule has 3 aromatic carbocycles. The third kappa shape index (κ3) is 12.9. The van der Waals surface area contributed by atoms with Crippen molar-refractivity contribution in [1.29, 1.82) is 0 Å². The van der Waals surface area contributed by atoms with E-state index in [1.54, 1.807) is 77.9 Å². The maximum atomic E-state index is 13.9. The van der Waals surface area contributed by atoms with Crippen molar-refractivity contribution in [1.82, 2.24) is 26.6 Å². The highest BCUT2D eigenvalue weighted by Crippen LogP contribution is 2.53. The molecule has 5 amide bonds. The Labute approximate surface area is 375 Å². The fourth-order valence-corrected chi connectivity index (χ4v) is 7.23. The van der Waals surface area contributed by atoms with Gasteiger partial charge in [-0.2, -0.15) is 0 Å². The first-order chi connectivity index (χ1) is 30.1. The normalized spacial score (nSPS) is 14.5. The van der Waals surface area contributed by atoms with Crippen LogP contribution in [-0.2, 0) is 63.2 Å². The molecule has 0 radical (unpaired) electrons. The Balaban J connectivity index is 1.45. The fourth-order valence-electron chi connectivity index (χ4n) is 7.23. The van der Waals surface area contributed by atoms with Crippen LogP contribution in [0.3, 0.4) is 0 Å². The highest BCUT2D eigenvalue weighted by atomic mass is 16.5. The molecule has 64 heavy (non-hydrogen) atoms. The number of hydrogen-bond donors (Lipinski definition) is 5. The van der Waals surface area contributed by atoms with Crippen molar-refractivity contribution < 1.29 is 57.2 Å². The Hall–Kier alpha value is -6.36. The second-order valence-electron chi connectivity index (χ2n) is 17.3. The second-order valence-corrected chi connectivity index (χ2v) is 17.3. The maximum absolute atomic E-state index is 13.9. The number of carbonyl (C=O) groups is 6. The molecule has 17 heteroatoms. The number of carbonyl (C=O) groups excluding carboxylic acids is 6. The summed E-state index contributed by atoms with van der Waals surface area (Å²) in [5, 5.41) is 13.3. The number of ether oxygens (including phenoxy) is 6. The minimum Gasteiger partial charge on any atom is -0.496 e. The van der Waals surface area contributed by atoms with Gasteiger partial charge in [0.25, 0.3) is 0 Å². The lowest BCUT2D eigenvalue weighted by Gasteiger charge is -2.37. The van der Waals surface area contributed by atoms with E-state index in [0.29, 0.717) is 34.1 Å². The van der Waals surface area contributed by atoms with Gasteiger partial charge in [0.05, 0.1) is 58.1 Å². The van der Waals surface area contributed by atoms with Crippen molar-refractivity contribution in [3.8, 4) is 23.0 Å². The van der Waals surface area contributed by atoms with Crippen molar-refractivity contribution in [2.75, 3.05) is 27.9 Å². The lowest BCUT2D eigenvalue weighted by molar-refractivity contribution is -0.140. The zero-order valence-corrected chi connectivity index (χ0v) is 38.8. The van der Waals surface area contributed by atoms with Gasteiger partial charge in [-0.3, -0.25) is 24.0 Å². The van der Waals surface area contributed by atoms with E-state index in [1.165, 1.54) is 28.3 Å². The van der Waals surface area contributed by atoms with Gasteiger partial charge in [-0.25, -0.2) is 4.79 Å². The maximum Gasteiger partial charge on any atom is 0.408 e. The predicted molar refractivity (Wildman–Crippen MR) is 237 cm³/mol. The summed E-state index contributed by atoms with van der Waals surface area (Å²) in [6.45, 7) is 15.4. The summed E-state index contributed by atoms with van der Waals surface area (Å²) in [6.07, 6.45) is -1.82. The Bertz CT molecular complexity index is 2170. The number of benzene rings is 3. The largest absolute Gasteiger partial charge is 0.496 e. The molecule has 4 atom stereocenters. The molecule has 1 unspecified atom stereocenters. The highest BCUT2D eigenvalue weighted by Gasteiger charge is 2.39. The quantitative estimate of drug-likeness (QED) is 0.103. The summed E-state index contributed by atoms with van der Waals surface area (Å²) >= 11 is 0. The molecule has 1 aliphatic heterocycles. The summed E-state index contributed by atoms with van der Waals surface area (Å²) in [4.78, 5) is 79.2. The predicted octanol–water partition coefficient (Wildman–Crippen LogP) is 4.73. The van der Waals surface area contributed by atoms with Crippen LogP contribution in [0.1, 0.15) is 90.1 Å². The molecule has 17 nitrogen and oxygen atoms in total. The van der Waals surface area contributed by atoms with Crippen molar-refractivity contribution in [3.05, 3.63) is 82.4 Å². The standard InChI is InChI=1S/C47H63N5O12/c1-26(2)38(51-44(57)39(28(4)64-46(5,6)7)52-42(55)27(3)50-45(58)62-25-29-16-14-13-15-17-29)43(56)49-24-36(53)48-23-31-35(60-11)21-19-33-41(31)63-40-30(22-37(54)61-12)34(59-10)20-18-32(40)47(33,8)9/h13-21,26-28,38-39H,22-25H2,1-12H3,(H,48,53)(H,49,56)(H,50,58)(H,51,57)(H,52,55)/t27-,28?,38-,39-/m0/s1. The Kier molecular flexibility index (Phi) is 17.1. The number of nitrogens with one attached hydrogen (secondary N) is 5. The minimum atomic E-state index is -1.29. The number of fused-ring (bicyclic) bond motifs is 2. The summed E-state index contributed by atoms with van der Waals surface area (Å²) in [5.41, 5.74) is 2.09. The molecule has 0 aliphatic carbocycles. The molecule has 1 heterocycles. The molecule has 348 valence electrons. The van der Waals surface area contributed by atoms with Crippen LogP contribution in [0.4, 0.5) is 4.79 Å². The number of methoxy groups -OCH3 is 3. The minimum absolute atomic E-state index is 0.00680. The SMILES string of the molecule is COC(=O)Cc1c(OC)ccc2c1Oc1c(ccc(OC)c1CNC(=O)CNC(=O)[C@@H](NC(=O)[C@@H](NC(=O)[C@H](C)NC(=O)OCc1ccccc1)C(C)OC(C)(C)C)C(C)C)C2(C)C. The molecule has 0 saturated carbocycles. The van der Waals surface area contributed by atoms with E-state index in [1.807, 2.05) is 32.0 Å². The van der Waals surface area contributed by atoms with Gasteiger partial charge in [-0.05, 0) is 58.2 Å². The molecule has 3 aromatic rings. The van der Waals surface area contributed by atoms with Gasteiger partial charge in [0, 0.05) is 22.1 Å². The summed E-state index contributed by atoms with van der Waals surface area (Å²) in [7, 11) is 4.30. The lowest BCUT2D eigenvalue weighted by atomic mass is 9.74. The van der Waals surface area contributed by atoms with Gasteiger partial charge in [-0.1, -0.05) is 70.2 Å². The van der Waals surface area contributed by atoms with E-state index in [2.05, 4.69) is 26.6 Å². The van der Waals surface area contributed by atoms with E-state index in [9.17, 15) is 28.8 Å². The molecule has 4 rings (SSSR count). The van der Waals surface area contributed by atoms with E-state index in [4.69, 9.17) is 28.4 Å². The number of esters is 1. The average molecular weight is 890 g/mol. The number of hydrogen-bond acceptors (Lipinski definition) is 12. The highest BCUT2D eigenvalue weighted by molar-refractivity contribution is 5.95. The molecular weight excluding hydrogens is 827 g/mol. The van der Waals surface area contributed by atoms with Gasteiger partial charge in [0.1, 0.15) is 47.7 Å². The lowest BCUT2D eigenvalue weighted by Crippen LogP contribution is -2.61. The van der Waals surface area contributed by atoms with Gasteiger partial charge in [0.2, 0.25) is 23.6 Å². The summed E-state index contributed by atoms with van der Waals surface area (Å²) in [6, 6.07) is 12.9. The number of alkyl carbamates (subject to hydrolysis) is 1. The van der Waals surface area contributed by atoms with Crippen molar-refractivity contribution >= 4 is 35.7 Å². The Morgan fingerprint density at radius 1 is 0.703 bits per heavy atom. The summed E-state index contributed by atoms with van der Waals surface area (Å²) in [5.74, 6) is -1.80. The van der Waals surface area contributed by atoms with E-state index < -0.39 is 83.4 Å². The van der Waals surface area contributed by atoms with E-state index in [-0.39, 0.29) is 19.6 Å². The number of amides is 5. The van der Waals surface area contributed by atoms with Crippen LogP contribution in [0.5, 0.6) is 23.0 Å². The first-order valence-corrected chi connectivity index (χ1v) is 21.1. The topological polar surface area (TPSA) is 218 Å². The average Bonchev–Trinajstić information content (AvgIpc) is 3.24. The van der Waals surface area contributed by atoms with Crippen LogP contribution in [0.15, 0.2) is 54.6 Å². The molecule has 0 spiro atoms. The van der Waals surface area contributed by atoms with Gasteiger partial charge in [-0.15, -0.1) is 0 Å². The van der Waals surface area contributed by atoms with Crippen molar-refractivity contribution in [3.63, 3.8) is 0 Å². The van der Waals surface area contributed by atoms with Gasteiger partial charge in [0.15, 0.2) is 0 Å². The van der Waals surface area contributed by atoms with Crippen LogP contribution in [0.25, 0.3) is 0 Å².